The Bertz CT molecular complexity index is 345. The normalized spacial score (nSPS) is 18.1. The van der Waals surface area contributed by atoms with E-state index in [9.17, 15) is 4.79 Å². The van der Waals surface area contributed by atoms with E-state index in [1.54, 1.807) is 4.90 Å². The van der Waals surface area contributed by atoms with Crippen molar-refractivity contribution >= 4 is 11.9 Å². The molecule has 0 fully saturated rings. The van der Waals surface area contributed by atoms with Crippen LogP contribution in [0.1, 0.15) is 41.5 Å². The standard InChI is InChI=1S/C14H27N3O2/c1-10(2)11(3)16-12-9-17(8-7-15-12)13(18)19-14(4,5)6/h10-11H,7-9H2,1-6H3,(H,15,16). The molecule has 0 saturated carbocycles. The van der Waals surface area contributed by atoms with Crippen molar-refractivity contribution in [3.63, 3.8) is 0 Å². The molecule has 0 aromatic carbocycles. The summed E-state index contributed by atoms with van der Waals surface area (Å²) in [4.78, 5) is 18.1. The zero-order valence-corrected chi connectivity index (χ0v) is 13.0. The summed E-state index contributed by atoms with van der Waals surface area (Å²) < 4.78 is 5.38. The van der Waals surface area contributed by atoms with Crippen LogP contribution >= 0.6 is 0 Å². The molecule has 1 unspecified atom stereocenters. The minimum Gasteiger partial charge on any atom is -0.444 e. The van der Waals surface area contributed by atoms with E-state index in [0.29, 0.717) is 31.6 Å². The van der Waals surface area contributed by atoms with E-state index in [-0.39, 0.29) is 6.09 Å². The fourth-order valence-electron chi connectivity index (χ4n) is 1.62. The van der Waals surface area contributed by atoms with Crippen LogP contribution in [0.25, 0.3) is 0 Å². The summed E-state index contributed by atoms with van der Waals surface area (Å²) in [6.45, 7) is 13.8. The van der Waals surface area contributed by atoms with Gasteiger partial charge >= 0.3 is 6.09 Å². The lowest BCUT2D eigenvalue weighted by atomic mass is 10.1. The first-order valence-corrected chi connectivity index (χ1v) is 6.97. The van der Waals surface area contributed by atoms with E-state index in [1.165, 1.54) is 0 Å². The smallest absolute Gasteiger partial charge is 0.410 e. The molecule has 1 amide bonds. The fourth-order valence-corrected chi connectivity index (χ4v) is 1.62. The van der Waals surface area contributed by atoms with Crippen molar-refractivity contribution in [2.24, 2.45) is 10.9 Å². The predicted octanol–water partition coefficient (Wildman–Crippen LogP) is 2.27. The molecule has 0 bridgehead atoms. The van der Waals surface area contributed by atoms with Crippen LogP contribution in [0.15, 0.2) is 4.99 Å². The summed E-state index contributed by atoms with van der Waals surface area (Å²) in [5, 5.41) is 3.37. The molecule has 0 aliphatic carbocycles. The van der Waals surface area contributed by atoms with E-state index < -0.39 is 5.60 Å². The number of nitrogens with one attached hydrogen (secondary N) is 1. The number of amides is 1. The van der Waals surface area contributed by atoms with Gasteiger partial charge in [-0.15, -0.1) is 0 Å². The fraction of sp³-hybridized carbons (Fsp3) is 0.857. The van der Waals surface area contributed by atoms with Crippen molar-refractivity contribution < 1.29 is 9.53 Å². The van der Waals surface area contributed by atoms with Crippen LogP contribution in [0.2, 0.25) is 0 Å². The maximum Gasteiger partial charge on any atom is 0.410 e. The second kappa shape index (κ2) is 6.26. The number of aliphatic imine (C=N–C) groups is 1. The topological polar surface area (TPSA) is 53.9 Å². The van der Waals surface area contributed by atoms with E-state index in [1.807, 2.05) is 20.8 Å². The molecule has 0 aromatic heterocycles. The molecule has 110 valence electrons. The number of amidine groups is 1. The molecule has 5 heteroatoms. The van der Waals surface area contributed by atoms with Gasteiger partial charge in [0.15, 0.2) is 0 Å². The SMILES string of the molecule is CC(C)C(C)NC1=NCCN(C(=O)OC(C)(C)C)C1. The molecule has 1 rings (SSSR count). The van der Waals surface area contributed by atoms with Crippen LogP contribution in [0.4, 0.5) is 4.79 Å². The second-order valence-corrected chi connectivity index (χ2v) is 6.41. The molecule has 0 spiro atoms. The highest BCUT2D eigenvalue weighted by molar-refractivity contribution is 5.88. The first kappa shape index (κ1) is 15.8. The van der Waals surface area contributed by atoms with Crippen LogP contribution < -0.4 is 5.32 Å². The van der Waals surface area contributed by atoms with E-state index >= 15 is 0 Å². The molecule has 1 N–H and O–H groups in total. The number of nitrogens with zero attached hydrogens (tertiary/aromatic N) is 2. The Hall–Kier alpha value is -1.26. The van der Waals surface area contributed by atoms with Gasteiger partial charge in [-0.05, 0) is 33.6 Å². The summed E-state index contributed by atoms with van der Waals surface area (Å²) in [6, 6.07) is 0.345. The van der Waals surface area contributed by atoms with Gasteiger partial charge in [-0.1, -0.05) is 13.8 Å². The molecule has 1 atom stereocenters. The molecule has 1 aliphatic rings. The van der Waals surface area contributed by atoms with Crippen molar-refractivity contribution in [1.82, 2.24) is 10.2 Å². The zero-order valence-electron chi connectivity index (χ0n) is 13.0. The van der Waals surface area contributed by atoms with Gasteiger partial charge in [-0.2, -0.15) is 0 Å². The molecular formula is C14H27N3O2. The summed E-state index contributed by atoms with van der Waals surface area (Å²) in [6.07, 6.45) is -0.265. The number of carbonyl (C=O) groups excluding carboxylic acids is 1. The summed E-state index contributed by atoms with van der Waals surface area (Å²) >= 11 is 0. The van der Waals surface area contributed by atoms with Crippen molar-refractivity contribution in [3.8, 4) is 0 Å². The van der Waals surface area contributed by atoms with Crippen molar-refractivity contribution in [1.29, 1.82) is 0 Å². The molecule has 5 nitrogen and oxygen atoms in total. The van der Waals surface area contributed by atoms with Gasteiger partial charge in [0.25, 0.3) is 0 Å². The van der Waals surface area contributed by atoms with Crippen LogP contribution in [0.5, 0.6) is 0 Å². The summed E-state index contributed by atoms with van der Waals surface area (Å²) in [5.41, 5.74) is -0.454. The van der Waals surface area contributed by atoms with Crippen molar-refractivity contribution in [2.75, 3.05) is 19.6 Å². The molecule has 0 aromatic rings. The van der Waals surface area contributed by atoms with Gasteiger partial charge in [-0.25, -0.2) is 4.79 Å². The van der Waals surface area contributed by atoms with E-state index in [2.05, 4.69) is 31.1 Å². The first-order chi connectivity index (χ1) is 8.69. The highest BCUT2D eigenvalue weighted by Gasteiger charge is 2.25. The van der Waals surface area contributed by atoms with E-state index in [0.717, 1.165) is 5.84 Å². The maximum absolute atomic E-state index is 12.0. The minimum atomic E-state index is -0.454. The Morgan fingerprint density at radius 1 is 1.37 bits per heavy atom. The van der Waals surface area contributed by atoms with Crippen LogP contribution in [0.3, 0.4) is 0 Å². The third kappa shape index (κ3) is 5.49. The molecule has 1 aliphatic heterocycles. The van der Waals surface area contributed by atoms with Gasteiger partial charge in [0.1, 0.15) is 11.4 Å². The minimum absolute atomic E-state index is 0.265. The molecular weight excluding hydrogens is 242 g/mol. The largest absolute Gasteiger partial charge is 0.444 e. The molecule has 0 radical (unpaired) electrons. The number of ether oxygens (including phenoxy) is 1. The van der Waals surface area contributed by atoms with Gasteiger partial charge in [-0.3, -0.25) is 9.89 Å². The van der Waals surface area contributed by atoms with Crippen molar-refractivity contribution in [3.05, 3.63) is 0 Å². The second-order valence-electron chi connectivity index (χ2n) is 6.41. The van der Waals surface area contributed by atoms with Crippen LogP contribution in [0, 0.1) is 5.92 Å². The van der Waals surface area contributed by atoms with Crippen LogP contribution in [-0.2, 0) is 4.74 Å². The number of carbonyl (C=O) groups is 1. The highest BCUT2D eigenvalue weighted by atomic mass is 16.6. The molecule has 19 heavy (non-hydrogen) atoms. The maximum atomic E-state index is 12.0. The first-order valence-electron chi connectivity index (χ1n) is 6.97. The van der Waals surface area contributed by atoms with Gasteiger partial charge in [0.05, 0.1) is 13.1 Å². The summed E-state index contributed by atoms with van der Waals surface area (Å²) in [7, 11) is 0. The van der Waals surface area contributed by atoms with Crippen LogP contribution in [-0.4, -0.2) is 48.1 Å². The monoisotopic (exact) mass is 269 g/mol. The lowest BCUT2D eigenvalue weighted by molar-refractivity contribution is 0.0276. The average Bonchev–Trinajstić information content (AvgIpc) is 2.27. The quantitative estimate of drug-likeness (QED) is 0.836. The van der Waals surface area contributed by atoms with Gasteiger partial charge < -0.3 is 10.1 Å². The Kier molecular flexibility index (Phi) is 5.20. The highest BCUT2D eigenvalue weighted by Crippen LogP contribution is 2.11. The molecule has 1 heterocycles. The van der Waals surface area contributed by atoms with Gasteiger partial charge in [0, 0.05) is 12.6 Å². The summed E-state index contributed by atoms with van der Waals surface area (Å²) in [5.74, 6) is 1.40. The number of hydrogen-bond acceptors (Lipinski definition) is 4. The van der Waals surface area contributed by atoms with E-state index in [4.69, 9.17) is 4.74 Å². The Morgan fingerprint density at radius 2 is 2.00 bits per heavy atom. The zero-order chi connectivity index (χ0) is 14.6. The number of hydrogen-bond donors (Lipinski definition) is 1. The number of rotatable bonds is 2. The predicted molar refractivity (Wildman–Crippen MR) is 77.5 cm³/mol. The molecule has 0 saturated heterocycles. The third-order valence-corrected chi connectivity index (χ3v) is 3.06. The lowest BCUT2D eigenvalue weighted by Crippen LogP contribution is -2.49. The Balaban J connectivity index is 2.54. The third-order valence-electron chi connectivity index (χ3n) is 3.06. The lowest BCUT2D eigenvalue weighted by Gasteiger charge is -2.31. The Morgan fingerprint density at radius 3 is 2.53 bits per heavy atom. The Labute approximate surface area is 116 Å². The average molecular weight is 269 g/mol. The van der Waals surface area contributed by atoms with Gasteiger partial charge in [0.2, 0.25) is 0 Å². The van der Waals surface area contributed by atoms with Crippen molar-refractivity contribution in [2.45, 2.75) is 53.2 Å².